The number of rotatable bonds is 2. The van der Waals surface area contributed by atoms with Gasteiger partial charge in [0.2, 0.25) is 0 Å². The third-order valence-electron chi connectivity index (χ3n) is 2.84. The van der Waals surface area contributed by atoms with Crippen LogP contribution in [-0.2, 0) is 0 Å². The molecule has 1 N–H and O–H groups in total. The van der Waals surface area contributed by atoms with E-state index < -0.39 is 6.10 Å². The molecule has 18 heavy (non-hydrogen) atoms. The summed E-state index contributed by atoms with van der Waals surface area (Å²) in [5.74, 6) is -0.239. The van der Waals surface area contributed by atoms with E-state index in [1.54, 1.807) is 17.4 Å². The van der Waals surface area contributed by atoms with Gasteiger partial charge in [-0.1, -0.05) is 6.07 Å². The van der Waals surface area contributed by atoms with Crippen LogP contribution >= 0.6 is 22.7 Å². The number of hydrogen-bond donors (Lipinski definition) is 1. The van der Waals surface area contributed by atoms with Crippen molar-refractivity contribution in [2.24, 2.45) is 0 Å². The van der Waals surface area contributed by atoms with Crippen molar-refractivity contribution >= 4 is 32.8 Å². The van der Waals surface area contributed by atoms with Gasteiger partial charge in [0.05, 0.1) is 0 Å². The molecule has 0 spiro atoms. The van der Waals surface area contributed by atoms with Gasteiger partial charge in [-0.25, -0.2) is 4.39 Å². The summed E-state index contributed by atoms with van der Waals surface area (Å²) in [7, 11) is 0. The van der Waals surface area contributed by atoms with Crippen molar-refractivity contribution < 1.29 is 9.50 Å². The van der Waals surface area contributed by atoms with Crippen molar-refractivity contribution in [1.82, 2.24) is 0 Å². The molecule has 0 aliphatic heterocycles. The zero-order valence-electron chi connectivity index (χ0n) is 9.68. The van der Waals surface area contributed by atoms with E-state index >= 15 is 0 Å². The molecular formula is C14H11FOS2. The smallest absolute Gasteiger partial charge is 0.124 e. The summed E-state index contributed by atoms with van der Waals surface area (Å²) >= 11 is 3.06. The number of aryl methyl sites for hydroxylation is 1. The van der Waals surface area contributed by atoms with E-state index in [1.165, 1.54) is 28.3 Å². The van der Waals surface area contributed by atoms with E-state index in [4.69, 9.17) is 0 Å². The number of hydrogen-bond acceptors (Lipinski definition) is 3. The van der Waals surface area contributed by atoms with Crippen LogP contribution in [-0.4, -0.2) is 5.11 Å². The van der Waals surface area contributed by atoms with E-state index in [0.29, 0.717) is 0 Å². The van der Waals surface area contributed by atoms with Gasteiger partial charge in [0.25, 0.3) is 0 Å². The molecule has 0 aliphatic carbocycles. The standard InChI is InChI=1S/C14H11FOS2/c1-8-4-10(7-17-8)14(16)13-5-9-2-3-11(15)6-12(9)18-13/h2-7,14,16H,1H3. The minimum absolute atomic E-state index is 0.239. The third kappa shape index (κ3) is 2.07. The molecule has 3 aromatic rings. The maximum Gasteiger partial charge on any atom is 0.124 e. The topological polar surface area (TPSA) is 20.2 Å². The maximum absolute atomic E-state index is 13.1. The molecule has 0 aliphatic rings. The molecule has 1 atom stereocenters. The molecule has 0 saturated heterocycles. The van der Waals surface area contributed by atoms with E-state index in [2.05, 4.69) is 0 Å². The normalized spacial score (nSPS) is 13.1. The first kappa shape index (κ1) is 11.8. The maximum atomic E-state index is 13.1. The molecule has 1 aromatic carbocycles. The van der Waals surface area contributed by atoms with Crippen LogP contribution in [0.1, 0.15) is 21.4 Å². The Hall–Kier alpha value is -1.23. The van der Waals surface area contributed by atoms with Gasteiger partial charge in [-0.15, -0.1) is 22.7 Å². The predicted molar refractivity (Wildman–Crippen MR) is 74.9 cm³/mol. The minimum atomic E-state index is -0.615. The first-order chi connectivity index (χ1) is 8.63. The van der Waals surface area contributed by atoms with Crippen molar-refractivity contribution in [3.8, 4) is 0 Å². The van der Waals surface area contributed by atoms with Crippen LogP contribution in [0.4, 0.5) is 4.39 Å². The minimum Gasteiger partial charge on any atom is -0.383 e. The van der Waals surface area contributed by atoms with Crippen molar-refractivity contribution in [2.75, 3.05) is 0 Å². The molecule has 0 bridgehead atoms. The molecule has 2 aromatic heterocycles. The molecule has 92 valence electrons. The highest BCUT2D eigenvalue weighted by atomic mass is 32.1. The average molecular weight is 278 g/mol. The number of aliphatic hydroxyl groups excluding tert-OH is 1. The van der Waals surface area contributed by atoms with Crippen LogP contribution in [0.5, 0.6) is 0 Å². The molecule has 2 heterocycles. The Kier molecular flexibility index (Phi) is 2.93. The van der Waals surface area contributed by atoms with Crippen molar-refractivity contribution in [3.05, 3.63) is 56.8 Å². The van der Waals surface area contributed by atoms with E-state index in [1.807, 2.05) is 24.4 Å². The lowest BCUT2D eigenvalue weighted by Gasteiger charge is -2.04. The predicted octanol–water partition coefficient (Wildman–Crippen LogP) is 4.49. The fraction of sp³-hybridized carbons (Fsp3) is 0.143. The summed E-state index contributed by atoms with van der Waals surface area (Å²) in [5, 5.41) is 13.2. The molecular weight excluding hydrogens is 267 g/mol. The van der Waals surface area contributed by atoms with Gasteiger partial charge in [0, 0.05) is 14.5 Å². The monoisotopic (exact) mass is 278 g/mol. The summed E-state index contributed by atoms with van der Waals surface area (Å²) in [4.78, 5) is 2.03. The summed E-state index contributed by atoms with van der Waals surface area (Å²) in [5.41, 5.74) is 0.907. The van der Waals surface area contributed by atoms with Crippen molar-refractivity contribution in [1.29, 1.82) is 0 Å². The Morgan fingerprint density at radius 2 is 2.06 bits per heavy atom. The van der Waals surface area contributed by atoms with Crippen molar-refractivity contribution in [3.63, 3.8) is 0 Å². The van der Waals surface area contributed by atoms with Crippen molar-refractivity contribution in [2.45, 2.75) is 13.0 Å². The first-order valence-corrected chi connectivity index (χ1v) is 7.25. The second kappa shape index (κ2) is 4.46. The molecule has 1 nitrogen and oxygen atoms in total. The largest absolute Gasteiger partial charge is 0.383 e. The van der Waals surface area contributed by atoms with Gasteiger partial charge < -0.3 is 5.11 Å². The van der Waals surface area contributed by atoms with E-state index in [0.717, 1.165) is 20.5 Å². The molecule has 3 rings (SSSR count). The van der Waals surface area contributed by atoms with Gasteiger partial charge in [0.15, 0.2) is 0 Å². The van der Waals surface area contributed by atoms with Crippen LogP contribution in [0.2, 0.25) is 0 Å². The second-order valence-electron chi connectivity index (χ2n) is 4.22. The summed E-state index contributed by atoms with van der Waals surface area (Å²) in [6.07, 6.45) is -0.615. The van der Waals surface area contributed by atoms with Crippen LogP contribution in [0.25, 0.3) is 10.1 Å². The van der Waals surface area contributed by atoms with Crippen LogP contribution in [0, 0.1) is 12.7 Å². The summed E-state index contributed by atoms with van der Waals surface area (Å²) < 4.78 is 14.0. The Balaban J connectivity index is 2.03. The SMILES string of the molecule is Cc1cc(C(O)c2cc3ccc(F)cc3s2)cs1. The average Bonchev–Trinajstić information content (AvgIpc) is 2.93. The van der Waals surface area contributed by atoms with Crippen LogP contribution < -0.4 is 0 Å². The number of halogens is 1. The Bertz CT molecular complexity index is 699. The number of thiophene rings is 2. The van der Waals surface area contributed by atoms with Crippen LogP contribution in [0.3, 0.4) is 0 Å². The lowest BCUT2D eigenvalue weighted by atomic mass is 10.1. The number of aliphatic hydroxyl groups is 1. The Labute approximate surface area is 112 Å². The molecule has 0 fully saturated rings. The van der Waals surface area contributed by atoms with Crippen LogP contribution in [0.15, 0.2) is 35.7 Å². The zero-order valence-corrected chi connectivity index (χ0v) is 11.3. The lowest BCUT2D eigenvalue weighted by Crippen LogP contribution is -1.93. The molecule has 1 unspecified atom stereocenters. The van der Waals surface area contributed by atoms with Gasteiger partial charge in [-0.05, 0) is 47.5 Å². The highest BCUT2D eigenvalue weighted by Gasteiger charge is 2.15. The number of benzene rings is 1. The fourth-order valence-corrected chi connectivity index (χ4v) is 3.76. The molecule has 0 amide bonds. The number of fused-ring (bicyclic) bond motifs is 1. The van der Waals surface area contributed by atoms with Gasteiger partial charge in [0.1, 0.15) is 11.9 Å². The van der Waals surface area contributed by atoms with Gasteiger partial charge >= 0.3 is 0 Å². The third-order valence-corrected chi connectivity index (χ3v) is 4.87. The lowest BCUT2D eigenvalue weighted by molar-refractivity contribution is 0.225. The molecule has 0 saturated carbocycles. The quantitative estimate of drug-likeness (QED) is 0.732. The van der Waals surface area contributed by atoms with E-state index in [9.17, 15) is 9.50 Å². The fourth-order valence-electron chi connectivity index (χ4n) is 1.93. The molecule has 0 radical (unpaired) electrons. The Morgan fingerprint density at radius 1 is 1.22 bits per heavy atom. The first-order valence-electron chi connectivity index (χ1n) is 5.55. The van der Waals surface area contributed by atoms with Gasteiger partial charge in [-0.2, -0.15) is 0 Å². The summed E-state index contributed by atoms with van der Waals surface area (Å²) in [6.45, 7) is 2.02. The highest BCUT2D eigenvalue weighted by molar-refractivity contribution is 7.19. The summed E-state index contributed by atoms with van der Waals surface area (Å²) in [6, 6.07) is 8.61. The second-order valence-corrected chi connectivity index (χ2v) is 6.45. The Morgan fingerprint density at radius 3 is 2.78 bits per heavy atom. The highest BCUT2D eigenvalue weighted by Crippen LogP contribution is 2.34. The zero-order chi connectivity index (χ0) is 12.7. The molecule has 4 heteroatoms. The van der Waals surface area contributed by atoms with Gasteiger partial charge in [-0.3, -0.25) is 0 Å². The van der Waals surface area contributed by atoms with E-state index in [-0.39, 0.29) is 5.82 Å².